The maximum atomic E-state index is 15.7. The van der Waals surface area contributed by atoms with Crippen molar-refractivity contribution in [1.29, 1.82) is 0 Å². The number of fused-ring (bicyclic) bond motifs is 3. The summed E-state index contributed by atoms with van der Waals surface area (Å²) in [5.41, 5.74) is 18.8. The number of thioether (sulfide) groups is 1. The third-order valence-corrected chi connectivity index (χ3v) is 25.0. The first kappa shape index (κ1) is 106. The van der Waals surface area contributed by atoms with Gasteiger partial charge >= 0.3 is 5.97 Å². The standard InChI is InChI=1S/C93H119F3N18O21S/c1-7-8-26-70-92(134)114-47-58(117)42-73(114)88(130)107-67(43-78(121)122)85(127)109-80(50(2)3)93(135)111(5)71(38-51-19-11-9-12-20-51)86(128)104-64(31-32-75(98)118)90(132)113-46-57(116)41-72(113)87(129)106-66(40-55-44-100-62-24-16-15-23-59(55)62)84(126)105-65(36-53-27-29-56(115)30-28-53)83(125)103-63(25-17-18-33-97)82(124)108-69(81(123)101-45-76(99)119)48-136-49-77(120)102-68(37-54-34-60(94)79(96)61(95)35-54)89(131)112(6)74(91(133)110(70)4)39-52-21-13-10-14-22-52/h9-16,19-24,27-30,34-35,44,50,57-58,63-74,80,100,115-117H,7-8,17-18,25-26,31-33,36-43,45-49,97H2,1-6H3,(H2,98,118)(H2,99,119)(H,101,123)(H,102,120)(H,103,125)(H,104,128)(H,105,126)(H,106,129)(H,107,130)(H,108,124)(H,109,127)(H,121,122)/t57-,58-,63+,64+,65+,66+,67+,68+,69+,70+,71+,72+,73-,74+,80+/m1/s1. The number of carbonyl (C=O) groups is 17. The predicted octanol–water partition coefficient (Wildman–Crippen LogP) is -0.849. The van der Waals surface area contributed by atoms with Crippen LogP contribution in [0.3, 0.4) is 0 Å². The summed E-state index contributed by atoms with van der Waals surface area (Å²) in [4.78, 5) is 258. The van der Waals surface area contributed by atoms with E-state index in [2.05, 4.69) is 52.8 Å². The number of carbonyl (C=O) groups excluding carboxylic acids is 16. The van der Waals surface area contributed by atoms with E-state index in [-0.39, 0.29) is 63.7 Å². The van der Waals surface area contributed by atoms with Gasteiger partial charge in [0.15, 0.2) is 17.5 Å². The number of nitrogens with zero attached hydrogens (tertiary/aromatic N) is 5. The maximum absolute atomic E-state index is 15.7. The van der Waals surface area contributed by atoms with E-state index in [4.69, 9.17) is 17.2 Å². The van der Waals surface area contributed by atoms with Crippen molar-refractivity contribution in [3.05, 3.63) is 173 Å². The predicted molar refractivity (Wildman–Crippen MR) is 489 cm³/mol. The van der Waals surface area contributed by atoms with E-state index in [1.807, 2.05) is 0 Å². The Hall–Kier alpha value is -13.6. The van der Waals surface area contributed by atoms with E-state index in [9.17, 15) is 58.4 Å². The molecule has 15 atom stereocenters. The summed E-state index contributed by atoms with van der Waals surface area (Å²) >= 11 is 0.635. The van der Waals surface area contributed by atoms with Crippen LogP contribution in [0.1, 0.15) is 119 Å². The summed E-state index contributed by atoms with van der Waals surface area (Å²) in [7, 11) is 3.56. The molecule has 20 N–H and O–H groups in total. The van der Waals surface area contributed by atoms with Gasteiger partial charge < -0.3 is 115 Å². The molecule has 0 unspecified atom stereocenters. The number of aliphatic carboxylic acids is 1. The Kier molecular flexibility index (Phi) is 39.1. The van der Waals surface area contributed by atoms with Gasteiger partial charge in [-0.1, -0.05) is 125 Å². The highest BCUT2D eigenvalue weighted by molar-refractivity contribution is 8.00. The van der Waals surface area contributed by atoms with Crippen LogP contribution in [0.25, 0.3) is 10.9 Å². The number of H-pyrrole nitrogens is 1. The van der Waals surface area contributed by atoms with E-state index in [1.165, 1.54) is 52.2 Å². The lowest BCUT2D eigenvalue weighted by Gasteiger charge is -2.38. The number of aliphatic hydroxyl groups excluding tert-OH is 2. The normalized spacial score (nSPS) is 24.4. The molecule has 0 aliphatic carbocycles. The van der Waals surface area contributed by atoms with Crippen LogP contribution >= 0.6 is 11.8 Å². The summed E-state index contributed by atoms with van der Waals surface area (Å²) in [5, 5.41) is 67.3. The second kappa shape index (κ2) is 50.1. The molecule has 4 heterocycles. The minimum Gasteiger partial charge on any atom is -0.508 e. The highest BCUT2D eigenvalue weighted by Gasteiger charge is 2.48. The molecule has 0 saturated carbocycles. The first-order valence-electron chi connectivity index (χ1n) is 44.7. The first-order valence-corrected chi connectivity index (χ1v) is 45.9. The van der Waals surface area contributed by atoms with Crippen molar-refractivity contribution in [3.63, 3.8) is 0 Å². The maximum Gasteiger partial charge on any atom is 0.305 e. The molecule has 1 aromatic heterocycles. The molecule has 0 bridgehead atoms. The van der Waals surface area contributed by atoms with Crippen molar-refractivity contribution in [2.75, 3.05) is 58.8 Å². The Morgan fingerprint density at radius 2 is 1.02 bits per heavy atom. The molecule has 16 amide bonds. The zero-order valence-corrected chi connectivity index (χ0v) is 77.0. The van der Waals surface area contributed by atoms with Crippen molar-refractivity contribution in [2.45, 2.75) is 214 Å². The van der Waals surface area contributed by atoms with Crippen LogP contribution < -0.4 is 65.1 Å². The van der Waals surface area contributed by atoms with Crippen molar-refractivity contribution in [3.8, 4) is 5.75 Å². The van der Waals surface area contributed by atoms with Crippen molar-refractivity contribution in [2.24, 2.45) is 23.1 Å². The molecule has 6 aromatic rings. The molecule has 39 nitrogen and oxygen atoms in total. The molecular formula is C93H119F3N18O21S. The quantitative estimate of drug-likeness (QED) is 0.0232. The van der Waals surface area contributed by atoms with E-state index in [0.717, 1.165) is 31.5 Å². The number of amides is 16. The van der Waals surface area contributed by atoms with Crippen molar-refractivity contribution < 1.29 is 115 Å². The van der Waals surface area contributed by atoms with Crippen molar-refractivity contribution >= 4 is 123 Å². The summed E-state index contributed by atoms with van der Waals surface area (Å²) in [5.74, 6) is -26.4. The number of halogens is 3. The number of nitrogens with two attached hydrogens (primary N) is 3. The average molecular weight is 1910 g/mol. The number of primary amides is 2. The van der Waals surface area contributed by atoms with Gasteiger partial charge in [-0.3, -0.25) is 81.5 Å². The number of carboxylic acid groups (broad SMARTS) is 1. The molecule has 43 heteroatoms. The molecule has 0 spiro atoms. The number of para-hydroxylation sites is 1. The topological polar surface area (TPSA) is 589 Å². The number of carboxylic acids is 1. The molecule has 3 fully saturated rings. The number of phenolic OH excluding ortho intramolecular Hbond substituents is 1. The molecule has 3 aliphatic rings. The second-order valence-electron chi connectivity index (χ2n) is 34.5. The van der Waals surface area contributed by atoms with Crippen LogP contribution in [-0.2, 0) is 114 Å². The highest BCUT2D eigenvalue weighted by atomic mass is 32.2. The Bertz CT molecular complexity index is 5280. The zero-order valence-electron chi connectivity index (χ0n) is 76.2. The Labute approximate surface area is 786 Å². The number of aliphatic hydroxyl groups is 2. The summed E-state index contributed by atoms with van der Waals surface area (Å²) in [6, 6.07) is 6.97. The Morgan fingerprint density at radius 3 is 1.60 bits per heavy atom. The lowest BCUT2D eigenvalue weighted by Crippen LogP contribution is -2.62. The van der Waals surface area contributed by atoms with Crippen LogP contribution in [0, 0.1) is 23.4 Å². The number of rotatable bonds is 26. The van der Waals surface area contributed by atoms with Gasteiger partial charge in [0.25, 0.3) is 0 Å². The summed E-state index contributed by atoms with van der Waals surface area (Å²) in [6.45, 7) is 2.84. The van der Waals surface area contributed by atoms with Gasteiger partial charge in [0.1, 0.15) is 84.3 Å². The van der Waals surface area contributed by atoms with E-state index >= 15 is 56.7 Å². The van der Waals surface area contributed by atoms with E-state index in [0.29, 0.717) is 63.5 Å². The minimum absolute atomic E-state index is 0.0726. The van der Waals surface area contributed by atoms with Crippen LogP contribution in [0.15, 0.2) is 128 Å². The molecular weight excluding hydrogens is 1790 g/mol. The number of likely N-dealkylation sites (N-methyl/N-ethyl adjacent to an activating group) is 3. The third kappa shape index (κ3) is 29.5. The average Bonchev–Trinajstić information content (AvgIpc) is 1.60. The third-order valence-electron chi connectivity index (χ3n) is 24.0. The number of benzene rings is 5. The molecule has 0 radical (unpaired) electrons. The molecule has 3 aliphatic heterocycles. The van der Waals surface area contributed by atoms with Gasteiger partial charge in [-0.25, -0.2) is 13.2 Å². The lowest BCUT2D eigenvalue weighted by atomic mass is 9.98. The number of hydrogen-bond donors (Lipinski definition) is 17. The van der Waals surface area contributed by atoms with Gasteiger partial charge in [-0.05, 0) is 103 Å². The number of nitrogens with one attached hydrogen (secondary N) is 10. The van der Waals surface area contributed by atoms with Crippen molar-refractivity contribution in [1.82, 2.24) is 77.3 Å². The number of phenols is 1. The van der Waals surface area contributed by atoms with Gasteiger partial charge in [0.05, 0.1) is 30.9 Å². The van der Waals surface area contributed by atoms with Gasteiger partial charge in [-0.2, -0.15) is 0 Å². The van der Waals surface area contributed by atoms with Gasteiger partial charge in [0, 0.05) is 108 Å². The number of aromatic amines is 1. The number of hydrogen-bond acceptors (Lipinski definition) is 22. The molecule has 136 heavy (non-hydrogen) atoms. The minimum atomic E-state index is -2.07. The number of aromatic hydroxyl groups is 1. The monoisotopic (exact) mass is 1910 g/mol. The summed E-state index contributed by atoms with van der Waals surface area (Å²) < 4.78 is 45.1. The van der Waals surface area contributed by atoms with Gasteiger partial charge in [-0.15, -0.1) is 11.8 Å². The van der Waals surface area contributed by atoms with Crippen LogP contribution in [0.4, 0.5) is 13.2 Å². The number of unbranched alkanes of at least 4 members (excludes halogenated alkanes) is 2. The Balaban J connectivity index is 1.15. The van der Waals surface area contributed by atoms with Crippen LogP contribution in [0.2, 0.25) is 0 Å². The fraction of sp³-hybridized carbons (Fsp3) is 0.473. The highest BCUT2D eigenvalue weighted by Crippen LogP contribution is 2.29. The van der Waals surface area contributed by atoms with E-state index < -0.39 is 296 Å². The fourth-order valence-electron chi connectivity index (χ4n) is 16.5. The molecule has 734 valence electrons. The largest absolute Gasteiger partial charge is 0.508 e. The van der Waals surface area contributed by atoms with E-state index in [1.54, 1.807) is 98.0 Å². The first-order chi connectivity index (χ1) is 64.6. The van der Waals surface area contributed by atoms with Gasteiger partial charge in [0.2, 0.25) is 94.5 Å². The summed E-state index contributed by atoms with van der Waals surface area (Å²) in [6.07, 6.45) is -6.39. The molecule has 9 rings (SSSR count). The van der Waals surface area contributed by atoms with Crippen LogP contribution in [0.5, 0.6) is 5.75 Å². The smallest absolute Gasteiger partial charge is 0.305 e. The Morgan fingerprint density at radius 1 is 0.507 bits per heavy atom. The number of aromatic nitrogens is 1. The zero-order chi connectivity index (χ0) is 99.5. The second-order valence-corrected chi connectivity index (χ2v) is 35.6. The SMILES string of the molecule is CCCC[C@H]1C(=O)N2C[C@H](O)C[C@@H]2C(=O)N[C@@H](CC(=O)O)C(=O)N[C@@H](C(C)C)C(=O)N(C)[C@@H](Cc2ccccc2)C(=O)N[C@@H](CCC(N)=O)C(=O)N2C[C@H](O)C[C@H]2C(=O)N[C@@H](Cc2c[nH]c3ccccc23)C(=O)N[C@@H](Cc2ccc(O)cc2)C(=O)N[C@@H](CCCCN)C(=O)N[C@H](C(=O)NCC(N)=O)CSCC(=O)N[C@@H](Cc2cc(F)c(F)c(F)c2)C(=O)N(C)[C@@H](Cc2ccccc2)C(=O)N1C. The molecule has 3 saturated heterocycles. The lowest BCUT2D eigenvalue weighted by molar-refractivity contribution is -0.152. The fourth-order valence-corrected chi connectivity index (χ4v) is 17.4. The van der Waals surface area contributed by atoms with Crippen LogP contribution in [-0.4, -0.2) is 300 Å². The molecule has 5 aromatic carbocycles.